The van der Waals surface area contributed by atoms with Crippen molar-refractivity contribution >= 4 is 27.6 Å². The highest BCUT2D eigenvalue weighted by Gasteiger charge is 2.31. The molecule has 0 bridgehead atoms. The van der Waals surface area contributed by atoms with E-state index in [0.29, 0.717) is 5.82 Å². The minimum absolute atomic E-state index is 0.115. The molecule has 1 atom stereocenters. The summed E-state index contributed by atoms with van der Waals surface area (Å²) in [5.74, 6) is 0.939. The van der Waals surface area contributed by atoms with E-state index in [9.17, 15) is 5.11 Å². The molecule has 1 N–H and O–H groups in total. The number of thiophene rings is 1. The van der Waals surface area contributed by atoms with E-state index in [1.807, 2.05) is 6.92 Å². The molecule has 0 aliphatic carbocycles. The van der Waals surface area contributed by atoms with Gasteiger partial charge in [0.25, 0.3) is 0 Å². The second kappa shape index (κ2) is 5.89. The Morgan fingerprint density at radius 3 is 2.61 bits per heavy atom. The van der Waals surface area contributed by atoms with Gasteiger partial charge in [0.1, 0.15) is 5.82 Å². The topological polar surface area (TPSA) is 53.7 Å². The monoisotopic (exact) mass is 348 g/mol. The lowest BCUT2D eigenvalue weighted by Gasteiger charge is -2.33. The van der Waals surface area contributed by atoms with Gasteiger partial charge in [0.2, 0.25) is 10.8 Å². The number of aryl methyl sites for hydroxylation is 2. The molecule has 0 spiro atoms. The lowest BCUT2D eigenvalue weighted by molar-refractivity contribution is 0.188. The second-order valence-corrected chi connectivity index (χ2v) is 8.07. The Labute approximate surface area is 143 Å². The van der Waals surface area contributed by atoms with Crippen LogP contribution in [0.4, 0.5) is 0 Å². The van der Waals surface area contributed by atoms with Gasteiger partial charge < -0.3 is 5.11 Å². The molecule has 4 heterocycles. The van der Waals surface area contributed by atoms with Crippen LogP contribution in [0.3, 0.4) is 0 Å². The predicted molar refractivity (Wildman–Crippen MR) is 93.6 cm³/mol. The van der Waals surface area contributed by atoms with Crippen molar-refractivity contribution in [3.63, 3.8) is 0 Å². The molecule has 23 heavy (non-hydrogen) atoms. The second-order valence-electron chi connectivity index (χ2n) is 6.11. The number of hydrogen-bond donors (Lipinski definition) is 1. The maximum Gasteiger partial charge on any atom is 0.230 e. The Morgan fingerprint density at radius 1 is 1.17 bits per heavy atom. The average Bonchev–Trinajstić information content (AvgIpc) is 3.20. The summed E-state index contributed by atoms with van der Waals surface area (Å²) in [5.41, 5.74) is 1.29. The molecule has 3 aromatic rings. The third-order valence-corrected chi connectivity index (χ3v) is 6.60. The van der Waals surface area contributed by atoms with E-state index in [1.165, 1.54) is 29.7 Å². The zero-order valence-electron chi connectivity index (χ0n) is 13.3. The van der Waals surface area contributed by atoms with Gasteiger partial charge in [0.05, 0.1) is 10.9 Å². The highest BCUT2D eigenvalue weighted by Crippen LogP contribution is 2.43. The number of piperidine rings is 1. The van der Waals surface area contributed by atoms with Crippen LogP contribution in [-0.4, -0.2) is 37.7 Å². The fourth-order valence-corrected chi connectivity index (χ4v) is 5.61. The molecule has 0 aromatic carbocycles. The van der Waals surface area contributed by atoms with Gasteiger partial charge in [-0.2, -0.15) is 4.52 Å². The van der Waals surface area contributed by atoms with Gasteiger partial charge in [0, 0.05) is 4.88 Å². The Kier molecular flexibility index (Phi) is 3.87. The Balaban J connectivity index is 1.84. The zero-order chi connectivity index (χ0) is 16.0. The lowest BCUT2D eigenvalue weighted by atomic mass is 10.0. The van der Waals surface area contributed by atoms with E-state index in [0.717, 1.165) is 22.9 Å². The van der Waals surface area contributed by atoms with Crippen LogP contribution >= 0.6 is 22.7 Å². The minimum atomic E-state index is 0.115. The predicted octanol–water partition coefficient (Wildman–Crippen LogP) is 3.75. The van der Waals surface area contributed by atoms with Gasteiger partial charge in [-0.05, 0) is 56.8 Å². The summed E-state index contributed by atoms with van der Waals surface area (Å²) < 4.78 is 1.58. The fourth-order valence-electron chi connectivity index (χ4n) is 3.32. The lowest BCUT2D eigenvalue weighted by Crippen LogP contribution is -2.34. The smallest absolute Gasteiger partial charge is 0.230 e. The number of fused-ring (bicyclic) bond motifs is 1. The Hall–Kier alpha value is -1.44. The van der Waals surface area contributed by atoms with Crippen molar-refractivity contribution < 1.29 is 5.11 Å². The third-order valence-electron chi connectivity index (χ3n) is 4.46. The highest BCUT2D eigenvalue weighted by atomic mass is 32.1. The number of hydrogen-bond acceptors (Lipinski definition) is 6. The van der Waals surface area contributed by atoms with Crippen molar-refractivity contribution in [3.05, 3.63) is 32.6 Å². The molecule has 4 rings (SSSR count). The summed E-state index contributed by atoms with van der Waals surface area (Å²) in [6.45, 7) is 6.16. The largest absolute Gasteiger partial charge is 0.492 e. The third kappa shape index (κ3) is 2.56. The number of thiazole rings is 1. The van der Waals surface area contributed by atoms with E-state index in [2.05, 4.69) is 33.4 Å². The standard InChI is InChI=1S/C16H20N4OS2/c1-10-6-9-22-13(10)12(19-7-4-3-5-8-19)14-15(21)20-16(23-14)17-11(2)18-20/h6,9,12,21H,3-5,7-8H2,1-2H3. The SMILES string of the molecule is Cc1nc2sc(C(c3sccc3C)N3CCCCC3)c(O)n2n1. The quantitative estimate of drug-likeness (QED) is 0.783. The van der Waals surface area contributed by atoms with Gasteiger partial charge in [-0.1, -0.05) is 17.8 Å². The van der Waals surface area contributed by atoms with E-state index in [1.54, 1.807) is 27.2 Å². The van der Waals surface area contributed by atoms with Gasteiger partial charge in [-0.3, -0.25) is 4.90 Å². The fraction of sp³-hybridized carbons (Fsp3) is 0.500. The molecular formula is C16H20N4OS2. The van der Waals surface area contributed by atoms with Crippen molar-refractivity contribution in [2.75, 3.05) is 13.1 Å². The zero-order valence-corrected chi connectivity index (χ0v) is 15.0. The van der Waals surface area contributed by atoms with Gasteiger partial charge in [-0.15, -0.1) is 16.4 Å². The minimum Gasteiger partial charge on any atom is -0.492 e. The molecule has 5 nitrogen and oxygen atoms in total. The summed E-state index contributed by atoms with van der Waals surface area (Å²) in [4.78, 5) is 9.98. The van der Waals surface area contributed by atoms with Crippen LogP contribution < -0.4 is 0 Å². The van der Waals surface area contributed by atoms with E-state index in [-0.39, 0.29) is 11.9 Å². The molecule has 1 saturated heterocycles. The molecule has 0 radical (unpaired) electrons. The van der Waals surface area contributed by atoms with E-state index < -0.39 is 0 Å². The van der Waals surface area contributed by atoms with Crippen LogP contribution in [0.15, 0.2) is 11.4 Å². The summed E-state index contributed by atoms with van der Waals surface area (Å²) in [6, 6.07) is 2.28. The van der Waals surface area contributed by atoms with Crippen LogP contribution in [0.1, 0.15) is 46.4 Å². The number of aromatic hydroxyl groups is 1. The first-order valence-corrected chi connectivity index (χ1v) is 9.68. The Morgan fingerprint density at radius 2 is 1.96 bits per heavy atom. The summed E-state index contributed by atoms with van der Waals surface area (Å²) in [5, 5.41) is 17.2. The number of rotatable bonds is 3. The molecular weight excluding hydrogens is 328 g/mol. The van der Waals surface area contributed by atoms with Crippen LogP contribution in [0.5, 0.6) is 5.88 Å². The van der Waals surface area contributed by atoms with Crippen LogP contribution in [-0.2, 0) is 0 Å². The van der Waals surface area contributed by atoms with E-state index in [4.69, 9.17) is 0 Å². The summed E-state index contributed by atoms with van der Waals surface area (Å²) >= 11 is 3.33. The molecule has 122 valence electrons. The first-order valence-electron chi connectivity index (χ1n) is 7.98. The van der Waals surface area contributed by atoms with Crippen LogP contribution in [0.25, 0.3) is 4.96 Å². The van der Waals surface area contributed by atoms with Crippen molar-refractivity contribution in [3.8, 4) is 5.88 Å². The van der Waals surface area contributed by atoms with Crippen molar-refractivity contribution in [1.82, 2.24) is 19.5 Å². The summed E-state index contributed by atoms with van der Waals surface area (Å²) in [6.07, 6.45) is 3.75. The maximum absolute atomic E-state index is 10.7. The van der Waals surface area contributed by atoms with Crippen molar-refractivity contribution in [2.24, 2.45) is 0 Å². The molecule has 1 fully saturated rings. The molecule has 0 amide bonds. The average molecular weight is 348 g/mol. The number of aromatic nitrogens is 3. The normalized spacial score (nSPS) is 17.8. The highest BCUT2D eigenvalue weighted by molar-refractivity contribution is 7.17. The van der Waals surface area contributed by atoms with E-state index >= 15 is 0 Å². The Bertz CT molecular complexity index is 828. The number of nitrogens with zero attached hydrogens (tertiary/aromatic N) is 4. The van der Waals surface area contributed by atoms with Crippen LogP contribution in [0.2, 0.25) is 0 Å². The van der Waals surface area contributed by atoms with Crippen molar-refractivity contribution in [2.45, 2.75) is 39.2 Å². The molecule has 1 aliphatic heterocycles. The van der Waals surface area contributed by atoms with Gasteiger partial charge in [0.15, 0.2) is 0 Å². The molecule has 7 heteroatoms. The molecule has 0 saturated carbocycles. The van der Waals surface area contributed by atoms with Gasteiger partial charge in [-0.25, -0.2) is 4.98 Å². The molecule has 3 aromatic heterocycles. The van der Waals surface area contributed by atoms with Crippen LogP contribution in [0, 0.1) is 13.8 Å². The first-order chi connectivity index (χ1) is 11.1. The number of likely N-dealkylation sites (tertiary alicyclic amines) is 1. The molecule has 1 unspecified atom stereocenters. The molecule has 1 aliphatic rings. The maximum atomic E-state index is 10.7. The first kappa shape index (κ1) is 15.1. The van der Waals surface area contributed by atoms with Gasteiger partial charge >= 0.3 is 0 Å². The summed E-state index contributed by atoms with van der Waals surface area (Å²) in [7, 11) is 0. The van der Waals surface area contributed by atoms with Crippen molar-refractivity contribution in [1.29, 1.82) is 0 Å².